The minimum Gasteiger partial charge on any atom is -0.480 e. The summed E-state index contributed by atoms with van der Waals surface area (Å²) in [6, 6.07) is 6.16. The maximum Gasteiger partial charge on any atom is 0.326 e. The van der Waals surface area contributed by atoms with E-state index in [9.17, 15) is 18.7 Å². The molecule has 1 saturated heterocycles. The zero-order valence-electron chi connectivity index (χ0n) is 12.4. The van der Waals surface area contributed by atoms with Crippen molar-refractivity contribution >= 4 is 33.9 Å². The maximum atomic E-state index is 13.2. The molecule has 3 aromatic rings. The van der Waals surface area contributed by atoms with E-state index in [-0.39, 0.29) is 16.9 Å². The first-order valence-electron chi connectivity index (χ1n) is 7.53. The molecule has 4 rings (SSSR count). The third-order valence-electron chi connectivity index (χ3n) is 4.22. The monoisotopic (exact) mass is 333 g/mol. The highest BCUT2D eigenvalue weighted by molar-refractivity contribution is 6.06. The van der Waals surface area contributed by atoms with Gasteiger partial charge in [0.25, 0.3) is 6.43 Å². The molecule has 1 aliphatic heterocycles. The predicted molar refractivity (Wildman–Crippen MR) is 82.3 cm³/mol. The number of halogens is 2. The molecule has 0 bridgehead atoms. The molecule has 1 unspecified atom stereocenters. The summed E-state index contributed by atoms with van der Waals surface area (Å²) in [7, 11) is 0. The Morgan fingerprint density at radius 2 is 2.12 bits per heavy atom. The molecule has 24 heavy (non-hydrogen) atoms. The van der Waals surface area contributed by atoms with E-state index < -0.39 is 24.3 Å². The van der Waals surface area contributed by atoms with Gasteiger partial charge in [0.1, 0.15) is 17.1 Å². The number of furan rings is 1. The number of hydrogen-bond acceptors (Lipinski definition) is 5. The molecule has 0 saturated carbocycles. The topological polar surface area (TPSA) is 79.5 Å². The summed E-state index contributed by atoms with van der Waals surface area (Å²) >= 11 is 0. The average molecular weight is 333 g/mol. The number of rotatable bonds is 3. The third kappa shape index (κ3) is 2.17. The highest BCUT2D eigenvalue weighted by Crippen LogP contribution is 2.36. The summed E-state index contributed by atoms with van der Waals surface area (Å²) < 4.78 is 32.2. The lowest BCUT2D eigenvalue weighted by atomic mass is 10.2. The first-order valence-corrected chi connectivity index (χ1v) is 7.53. The molecule has 124 valence electrons. The zero-order valence-corrected chi connectivity index (χ0v) is 12.4. The molecule has 1 N–H and O–H groups in total. The van der Waals surface area contributed by atoms with Crippen LogP contribution < -0.4 is 4.90 Å². The van der Waals surface area contributed by atoms with E-state index in [0.29, 0.717) is 30.4 Å². The Hall–Kier alpha value is -2.77. The number of carbonyl (C=O) groups is 1. The number of para-hydroxylation sites is 1. The Morgan fingerprint density at radius 1 is 1.33 bits per heavy atom. The Labute approximate surface area is 134 Å². The summed E-state index contributed by atoms with van der Waals surface area (Å²) in [4.78, 5) is 20.8. The number of carboxylic acid groups (broad SMARTS) is 1. The number of carboxylic acids is 1. The number of alkyl halides is 2. The van der Waals surface area contributed by atoms with Crippen molar-refractivity contribution in [3.05, 3.63) is 30.1 Å². The standard InChI is InChI=1S/C16H13F2N3O3/c17-13(18)14-19-11-8-4-1-2-6-10(8)24-12(11)15(20-14)21-7-3-5-9(21)16(22)23/h1-2,4,6,9,13H,3,5,7H2,(H,22,23). The minimum atomic E-state index is -2.85. The molecule has 0 spiro atoms. The lowest BCUT2D eigenvalue weighted by Crippen LogP contribution is -2.36. The van der Waals surface area contributed by atoms with Gasteiger partial charge in [-0.15, -0.1) is 0 Å². The highest BCUT2D eigenvalue weighted by atomic mass is 19.3. The van der Waals surface area contributed by atoms with Crippen molar-refractivity contribution in [3.63, 3.8) is 0 Å². The molecule has 1 aromatic carbocycles. The summed E-state index contributed by atoms with van der Waals surface area (Å²) in [5.41, 5.74) is 1.02. The largest absolute Gasteiger partial charge is 0.480 e. The van der Waals surface area contributed by atoms with E-state index in [1.165, 1.54) is 4.90 Å². The first-order chi connectivity index (χ1) is 11.6. The van der Waals surface area contributed by atoms with Crippen molar-refractivity contribution in [2.75, 3.05) is 11.4 Å². The van der Waals surface area contributed by atoms with Gasteiger partial charge in [-0.05, 0) is 25.0 Å². The quantitative estimate of drug-likeness (QED) is 0.792. The van der Waals surface area contributed by atoms with Gasteiger partial charge in [-0.2, -0.15) is 0 Å². The molecule has 2 aromatic heterocycles. The number of fused-ring (bicyclic) bond motifs is 3. The summed E-state index contributed by atoms with van der Waals surface area (Å²) in [5.74, 6) is -1.51. The lowest BCUT2D eigenvalue weighted by molar-refractivity contribution is -0.138. The fourth-order valence-electron chi connectivity index (χ4n) is 3.16. The number of hydrogen-bond donors (Lipinski definition) is 1. The molecule has 0 aliphatic carbocycles. The van der Waals surface area contributed by atoms with Crippen LogP contribution >= 0.6 is 0 Å². The molecule has 3 heterocycles. The first kappa shape index (κ1) is 14.8. The van der Waals surface area contributed by atoms with Crippen LogP contribution in [0.1, 0.15) is 25.1 Å². The van der Waals surface area contributed by atoms with Gasteiger partial charge in [0.2, 0.25) is 0 Å². The van der Waals surface area contributed by atoms with Crippen molar-refractivity contribution in [1.82, 2.24) is 9.97 Å². The van der Waals surface area contributed by atoms with E-state index in [1.807, 2.05) is 0 Å². The second-order valence-electron chi connectivity index (χ2n) is 5.67. The molecule has 1 aliphatic rings. The Bertz CT molecular complexity index is 941. The number of nitrogens with zero attached hydrogens (tertiary/aromatic N) is 3. The maximum absolute atomic E-state index is 13.2. The van der Waals surface area contributed by atoms with Crippen molar-refractivity contribution < 1.29 is 23.1 Å². The summed E-state index contributed by atoms with van der Waals surface area (Å²) in [6.07, 6.45) is -1.77. The molecule has 0 amide bonds. The van der Waals surface area contributed by atoms with Crippen LogP contribution in [-0.4, -0.2) is 33.6 Å². The second kappa shape index (κ2) is 5.40. The molecule has 0 radical (unpaired) electrons. The molecular formula is C16H13F2N3O3. The SMILES string of the molecule is O=C(O)C1CCCN1c1nc(C(F)F)nc2c1oc1ccccc12. The van der Waals surface area contributed by atoms with Crippen molar-refractivity contribution in [2.24, 2.45) is 0 Å². The van der Waals surface area contributed by atoms with Gasteiger partial charge in [0.15, 0.2) is 17.2 Å². The van der Waals surface area contributed by atoms with Gasteiger partial charge in [-0.3, -0.25) is 0 Å². The molecule has 6 nitrogen and oxygen atoms in total. The van der Waals surface area contributed by atoms with Gasteiger partial charge < -0.3 is 14.4 Å². The Balaban J connectivity index is 2.01. The Morgan fingerprint density at radius 3 is 2.88 bits per heavy atom. The van der Waals surface area contributed by atoms with Crippen LogP contribution in [0.5, 0.6) is 0 Å². The van der Waals surface area contributed by atoms with E-state index in [4.69, 9.17) is 4.42 Å². The van der Waals surface area contributed by atoms with Gasteiger partial charge >= 0.3 is 5.97 Å². The smallest absolute Gasteiger partial charge is 0.326 e. The normalized spacial score (nSPS) is 18.1. The van der Waals surface area contributed by atoms with Crippen LogP contribution in [-0.2, 0) is 4.79 Å². The molecule has 1 atom stereocenters. The fraction of sp³-hybridized carbons (Fsp3) is 0.312. The van der Waals surface area contributed by atoms with Crippen LogP contribution in [0.15, 0.2) is 28.7 Å². The average Bonchev–Trinajstić information content (AvgIpc) is 3.18. The summed E-state index contributed by atoms with van der Waals surface area (Å²) in [6.45, 7) is 0.419. The number of aromatic nitrogens is 2. The minimum absolute atomic E-state index is 0.122. The third-order valence-corrected chi connectivity index (χ3v) is 4.22. The molecular weight excluding hydrogens is 320 g/mol. The van der Waals surface area contributed by atoms with E-state index in [1.54, 1.807) is 24.3 Å². The van der Waals surface area contributed by atoms with Crippen molar-refractivity contribution in [1.29, 1.82) is 0 Å². The van der Waals surface area contributed by atoms with E-state index >= 15 is 0 Å². The van der Waals surface area contributed by atoms with Crippen molar-refractivity contribution in [3.8, 4) is 0 Å². The van der Waals surface area contributed by atoms with Crippen LogP contribution in [0, 0.1) is 0 Å². The van der Waals surface area contributed by atoms with Crippen molar-refractivity contribution in [2.45, 2.75) is 25.3 Å². The van der Waals surface area contributed by atoms with Crippen LogP contribution in [0.25, 0.3) is 22.1 Å². The van der Waals surface area contributed by atoms with E-state index in [2.05, 4.69) is 9.97 Å². The molecule has 1 fully saturated rings. The van der Waals surface area contributed by atoms with E-state index in [0.717, 1.165) is 0 Å². The highest BCUT2D eigenvalue weighted by Gasteiger charge is 2.34. The lowest BCUT2D eigenvalue weighted by Gasteiger charge is -2.22. The predicted octanol–water partition coefficient (Wildman–Crippen LogP) is 3.37. The van der Waals surface area contributed by atoms with Crippen LogP contribution in [0.2, 0.25) is 0 Å². The van der Waals surface area contributed by atoms with Gasteiger partial charge in [0.05, 0.1) is 0 Å². The Kier molecular flexibility index (Phi) is 3.33. The summed E-state index contributed by atoms with van der Waals surface area (Å²) in [5, 5.41) is 9.97. The van der Waals surface area contributed by atoms with Crippen LogP contribution in [0.4, 0.5) is 14.6 Å². The number of aliphatic carboxylic acids is 1. The van der Waals surface area contributed by atoms with Gasteiger partial charge in [-0.1, -0.05) is 12.1 Å². The molecule has 8 heteroatoms. The number of benzene rings is 1. The number of anilines is 1. The van der Waals surface area contributed by atoms with Crippen LogP contribution in [0.3, 0.4) is 0 Å². The van der Waals surface area contributed by atoms with Gasteiger partial charge in [-0.25, -0.2) is 23.5 Å². The fourth-order valence-corrected chi connectivity index (χ4v) is 3.16. The second-order valence-corrected chi connectivity index (χ2v) is 5.67. The van der Waals surface area contributed by atoms with Gasteiger partial charge in [0, 0.05) is 11.9 Å². The zero-order chi connectivity index (χ0) is 16.8.